The molecule has 1 aromatic carbocycles. The molecule has 0 aliphatic carbocycles. The number of nitrogens with zero attached hydrogens (tertiary/aromatic N) is 1. The van der Waals surface area contributed by atoms with Crippen molar-refractivity contribution in [1.29, 1.82) is 0 Å². The zero-order valence-electron chi connectivity index (χ0n) is 7.07. The summed E-state index contributed by atoms with van der Waals surface area (Å²) in [7, 11) is 0. The van der Waals surface area contributed by atoms with Gasteiger partial charge in [0, 0.05) is 11.3 Å². The van der Waals surface area contributed by atoms with Gasteiger partial charge in [-0.15, -0.1) is 0 Å². The zero-order chi connectivity index (χ0) is 8.55. The van der Waals surface area contributed by atoms with Gasteiger partial charge in [0.2, 0.25) is 0 Å². The predicted molar refractivity (Wildman–Crippen MR) is 41.8 cm³/mol. The van der Waals surface area contributed by atoms with Crippen LogP contribution in [-0.4, -0.2) is 10.2 Å². The maximum absolute atomic E-state index is 11.1. The van der Waals surface area contributed by atoms with E-state index < -0.39 is 5.88 Å². The van der Waals surface area contributed by atoms with Crippen molar-refractivity contribution >= 4 is 10.8 Å². The largest absolute Gasteiger partial charge is 1.00 e. The van der Waals surface area contributed by atoms with Gasteiger partial charge >= 0.3 is 29.6 Å². The molecule has 0 atom stereocenters. The van der Waals surface area contributed by atoms with Crippen LogP contribution in [0.4, 0.5) is 0 Å². The smallest absolute Gasteiger partial charge is 0.857 e. The maximum atomic E-state index is 11.1. The fourth-order valence-electron chi connectivity index (χ4n) is 1.09. The quantitative estimate of drug-likeness (QED) is 0.444. The molecule has 1 aromatic heterocycles. The van der Waals surface area contributed by atoms with E-state index >= 15 is 0 Å². The Morgan fingerprint density at radius 3 is 2.46 bits per heavy atom. The number of aromatic amines is 1. The van der Waals surface area contributed by atoms with Crippen LogP contribution in [0.1, 0.15) is 0 Å². The van der Waals surface area contributed by atoms with Gasteiger partial charge in [0.25, 0.3) is 5.56 Å². The van der Waals surface area contributed by atoms with E-state index in [1.807, 2.05) is 0 Å². The summed E-state index contributed by atoms with van der Waals surface area (Å²) in [6, 6.07) is 6.58. The van der Waals surface area contributed by atoms with Gasteiger partial charge in [-0.05, 0) is 11.5 Å². The van der Waals surface area contributed by atoms with Gasteiger partial charge in [-0.3, -0.25) is 4.79 Å². The van der Waals surface area contributed by atoms with E-state index in [4.69, 9.17) is 0 Å². The van der Waals surface area contributed by atoms with Crippen molar-refractivity contribution in [3.8, 4) is 5.88 Å². The first kappa shape index (κ1) is 10.2. The molecular weight excluding hydrogens is 179 g/mol. The summed E-state index contributed by atoms with van der Waals surface area (Å²) in [6.45, 7) is 0. The molecule has 0 spiro atoms. The second kappa shape index (κ2) is 3.91. The van der Waals surface area contributed by atoms with Gasteiger partial charge in [-0.1, -0.05) is 18.2 Å². The summed E-state index contributed by atoms with van der Waals surface area (Å²) in [5.41, 5.74) is -0.329. The Kier molecular flexibility index (Phi) is 3.08. The average molecular weight is 184 g/mol. The van der Waals surface area contributed by atoms with Crippen molar-refractivity contribution in [2.45, 2.75) is 0 Å². The first-order chi connectivity index (χ1) is 5.79. The Bertz CT molecular complexity index is 481. The third kappa shape index (κ3) is 1.75. The van der Waals surface area contributed by atoms with Crippen molar-refractivity contribution in [3.05, 3.63) is 34.6 Å². The number of H-pyrrole nitrogens is 1. The summed E-state index contributed by atoms with van der Waals surface area (Å²) >= 11 is 0. The first-order valence-corrected chi connectivity index (χ1v) is 3.43. The van der Waals surface area contributed by atoms with E-state index in [9.17, 15) is 9.90 Å². The van der Waals surface area contributed by atoms with Crippen molar-refractivity contribution < 1.29 is 34.7 Å². The molecule has 0 bridgehead atoms. The molecule has 1 N–H and O–H groups in total. The molecule has 0 amide bonds. The number of benzene rings is 1. The molecule has 0 saturated carbocycles. The Morgan fingerprint density at radius 1 is 1.23 bits per heavy atom. The van der Waals surface area contributed by atoms with Crippen LogP contribution in [0.2, 0.25) is 0 Å². The van der Waals surface area contributed by atoms with Crippen LogP contribution in [0.15, 0.2) is 29.1 Å². The predicted octanol–water partition coefficient (Wildman–Crippen LogP) is -3.00. The second-order valence-electron chi connectivity index (χ2n) is 2.40. The SMILES string of the molecule is O=c1[nH]nc([O-])c2ccccc12.[Na+]. The molecule has 0 fully saturated rings. The third-order valence-corrected chi connectivity index (χ3v) is 1.66. The molecule has 4 nitrogen and oxygen atoms in total. The second-order valence-corrected chi connectivity index (χ2v) is 2.40. The van der Waals surface area contributed by atoms with Crippen molar-refractivity contribution in [2.24, 2.45) is 0 Å². The fourth-order valence-corrected chi connectivity index (χ4v) is 1.09. The van der Waals surface area contributed by atoms with E-state index in [1.165, 1.54) is 0 Å². The molecule has 1 heterocycles. The third-order valence-electron chi connectivity index (χ3n) is 1.66. The molecule has 0 aliphatic rings. The van der Waals surface area contributed by atoms with Crippen LogP contribution < -0.4 is 40.2 Å². The van der Waals surface area contributed by atoms with Crippen LogP contribution in [0, 0.1) is 0 Å². The van der Waals surface area contributed by atoms with E-state index in [0.29, 0.717) is 10.8 Å². The van der Waals surface area contributed by atoms with E-state index in [1.54, 1.807) is 24.3 Å². The molecule has 0 radical (unpaired) electrons. The summed E-state index contributed by atoms with van der Waals surface area (Å²) < 4.78 is 0. The number of aromatic nitrogens is 2. The number of hydrogen-bond donors (Lipinski definition) is 1. The molecule has 0 aliphatic heterocycles. The van der Waals surface area contributed by atoms with Crippen LogP contribution in [0.5, 0.6) is 5.88 Å². The van der Waals surface area contributed by atoms with Crippen molar-refractivity contribution in [1.82, 2.24) is 10.2 Å². The normalized spacial score (nSPS) is 9.54. The van der Waals surface area contributed by atoms with Crippen molar-refractivity contribution in [3.63, 3.8) is 0 Å². The molecule has 2 rings (SSSR count). The van der Waals surface area contributed by atoms with E-state index in [-0.39, 0.29) is 35.1 Å². The van der Waals surface area contributed by atoms with Gasteiger partial charge < -0.3 is 5.11 Å². The Hall–Kier alpha value is -0.840. The Morgan fingerprint density at radius 2 is 1.85 bits per heavy atom. The summed E-state index contributed by atoms with van der Waals surface area (Å²) in [4.78, 5) is 11.1. The molecule has 0 unspecified atom stereocenters. The molecule has 0 saturated heterocycles. The van der Waals surface area contributed by atoms with Crippen LogP contribution in [0.25, 0.3) is 10.8 Å². The summed E-state index contributed by atoms with van der Waals surface area (Å²) in [5, 5.41) is 17.2. The van der Waals surface area contributed by atoms with Crippen LogP contribution >= 0.6 is 0 Å². The first-order valence-electron chi connectivity index (χ1n) is 3.43. The topological polar surface area (TPSA) is 68.8 Å². The molecular formula is C8H5N2NaO2. The molecule has 60 valence electrons. The van der Waals surface area contributed by atoms with Crippen LogP contribution in [0.3, 0.4) is 0 Å². The van der Waals surface area contributed by atoms with Crippen LogP contribution in [-0.2, 0) is 0 Å². The number of nitrogens with one attached hydrogen (secondary N) is 1. The summed E-state index contributed by atoms with van der Waals surface area (Å²) in [6.07, 6.45) is 0. The van der Waals surface area contributed by atoms with Gasteiger partial charge in [0.1, 0.15) is 0 Å². The zero-order valence-corrected chi connectivity index (χ0v) is 9.07. The van der Waals surface area contributed by atoms with Gasteiger partial charge in [-0.2, -0.15) is 5.10 Å². The minimum absolute atomic E-state index is 0. The maximum Gasteiger partial charge on any atom is 1.00 e. The number of fused-ring (bicyclic) bond motifs is 1. The molecule has 13 heavy (non-hydrogen) atoms. The van der Waals surface area contributed by atoms with Gasteiger partial charge in [-0.25, -0.2) is 5.10 Å². The van der Waals surface area contributed by atoms with Crippen molar-refractivity contribution in [2.75, 3.05) is 0 Å². The van der Waals surface area contributed by atoms with Gasteiger partial charge in [0.15, 0.2) is 0 Å². The number of hydrogen-bond acceptors (Lipinski definition) is 3. The minimum Gasteiger partial charge on any atom is -0.857 e. The monoisotopic (exact) mass is 184 g/mol. The summed E-state index contributed by atoms with van der Waals surface area (Å²) in [5.74, 6) is -0.398. The van der Waals surface area contributed by atoms with E-state index in [0.717, 1.165) is 0 Å². The Labute approximate surface area is 95.9 Å². The molecule has 5 heteroatoms. The average Bonchev–Trinajstić information content (AvgIpc) is 2.12. The Balaban J connectivity index is 0.000000845. The van der Waals surface area contributed by atoms with E-state index in [2.05, 4.69) is 10.2 Å². The standard InChI is InChI=1S/C8H6N2O2.Na/c11-7-5-3-1-2-4-6(5)8(12)10-9-7;/h1-4H,(H,9,11)(H,10,12);/q;+1/p-1. The fraction of sp³-hybridized carbons (Fsp3) is 0. The van der Waals surface area contributed by atoms with Gasteiger partial charge in [0.05, 0.1) is 0 Å². The number of rotatable bonds is 0. The minimum atomic E-state index is -0.398. The molecule has 2 aromatic rings.